The Morgan fingerprint density at radius 1 is 1.16 bits per heavy atom. The van der Waals surface area contributed by atoms with Gasteiger partial charge in [-0.25, -0.2) is 4.98 Å². The Morgan fingerprint density at radius 2 is 1.96 bits per heavy atom. The summed E-state index contributed by atoms with van der Waals surface area (Å²) in [4.78, 5) is 16.9. The van der Waals surface area contributed by atoms with E-state index in [0.717, 1.165) is 35.6 Å². The summed E-state index contributed by atoms with van der Waals surface area (Å²) in [6.45, 7) is 0. The lowest BCUT2D eigenvalue weighted by molar-refractivity contribution is 0.0982. The molecule has 0 radical (unpaired) electrons. The fourth-order valence-corrected chi connectivity index (χ4v) is 4.07. The molecule has 0 unspecified atom stereocenters. The summed E-state index contributed by atoms with van der Waals surface area (Å²) in [5.74, 6) is 0.982. The standard InChI is InChI=1S/C21H22N2OS/c22-15-18-14-17-10-5-2-6-11-19(17)23-21(18)25-13-7-12-20(24)16-8-3-1-4-9-16/h1,3-4,8-9,14H,2,5-7,10-13H2. The molecule has 4 heteroatoms. The summed E-state index contributed by atoms with van der Waals surface area (Å²) in [6.07, 6.45) is 6.98. The van der Waals surface area contributed by atoms with Gasteiger partial charge in [0.15, 0.2) is 5.78 Å². The molecule has 0 fully saturated rings. The average molecular weight is 350 g/mol. The van der Waals surface area contributed by atoms with E-state index in [1.165, 1.54) is 30.5 Å². The maximum atomic E-state index is 12.1. The van der Waals surface area contributed by atoms with Crippen LogP contribution in [0.15, 0.2) is 41.4 Å². The Balaban J connectivity index is 1.58. The maximum absolute atomic E-state index is 12.1. The van der Waals surface area contributed by atoms with E-state index in [-0.39, 0.29) is 5.78 Å². The van der Waals surface area contributed by atoms with Crippen LogP contribution in [-0.4, -0.2) is 16.5 Å². The minimum atomic E-state index is 0.177. The zero-order chi connectivity index (χ0) is 17.5. The third-order valence-corrected chi connectivity index (χ3v) is 5.60. The molecule has 128 valence electrons. The number of carbonyl (C=O) groups excluding carboxylic acids is 1. The predicted molar refractivity (Wildman–Crippen MR) is 101 cm³/mol. The van der Waals surface area contributed by atoms with Crippen molar-refractivity contribution < 1.29 is 4.79 Å². The van der Waals surface area contributed by atoms with Crippen LogP contribution in [0.4, 0.5) is 0 Å². The maximum Gasteiger partial charge on any atom is 0.162 e. The molecule has 0 saturated carbocycles. The van der Waals surface area contributed by atoms with Crippen molar-refractivity contribution in [3.63, 3.8) is 0 Å². The molecule has 0 bridgehead atoms. The lowest BCUT2D eigenvalue weighted by Crippen LogP contribution is -2.01. The number of pyridine rings is 1. The average Bonchev–Trinajstić information content (AvgIpc) is 2.89. The van der Waals surface area contributed by atoms with Crippen LogP contribution in [0.3, 0.4) is 0 Å². The molecule has 3 nitrogen and oxygen atoms in total. The van der Waals surface area contributed by atoms with Crippen LogP contribution < -0.4 is 0 Å². The molecule has 1 aromatic heterocycles. The summed E-state index contributed by atoms with van der Waals surface area (Å²) in [7, 11) is 0. The monoisotopic (exact) mass is 350 g/mol. The van der Waals surface area contributed by atoms with E-state index in [1.54, 1.807) is 11.8 Å². The van der Waals surface area contributed by atoms with Crippen LogP contribution in [0.25, 0.3) is 0 Å². The molecule has 1 aliphatic rings. The van der Waals surface area contributed by atoms with Gasteiger partial charge in [-0.3, -0.25) is 4.79 Å². The number of fused-ring (bicyclic) bond motifs is 1. The van der Waals surface area contributed by atoms with Crippen LogP contribution in [0.5, 0.6) is 0 Å². The minimum absolute atomic E-state index is 0.177. The third-order valence-electron chi connectivity index (χ3n) is 4.52. The number of benzene rings is 1. The molecule has 3 rings (SSSR count). The molecule has 1 aliphatic carbocycles. The highest BCUT2D eigenvalue weighted by atomic mass is 32.2. The Bertz CT molecular complexity index is 780. The van der Waals surface area contributed by atoms with Gasteiger partial charge in [0, 0.05) is 17.7 Å². The van der Waals surface area contributed by atoms with Crippen LogP contribution in [-0.2, 0) is 12.8 Å². The zero-order valence-corrected chi connectivity index (χ0v) is 15.1. The van der Waals surface area contributed by atoms with Gasteiger partial charge in [-0.15, -0.1) is 11.8 Å². The van der Waals surface area contributed by atoms with Gasteiger partial charge >= 0.3 is 0 Å². The molecule has 1 aromatic carbocycles. The molecule has 25 heavy (non-hydrogen) atoms. The topological polar surface area (TPSA) is 53.8 Å². The fourth-order valence-electron chi connectivity index (χ4n) is 3.15. The molecule has 1 heterocycles. The first-order chi connectivity index (χ1) is 12.3. The number of nitrogens with zero attached hydrogens (tertiary/aromatic N) is 2. The predicted octanol–water partition coefficient (Wildman–Crippen LogP) is 4.98. The van der Waals surface area contributed by atoms with E-state index in [0.29, 0.717) is 12.0 Å². The van der Waals surface area contributed by atoms with Crippen LogP contribution >= 0.6 is 11.8 Å². The van der Waals surface area contributed by atoms with Gasteiger partial charge in [0.05, 0.1) is 5.56 Å². The summed E-state index contributed by atoms with van der Waals surface area (Å²) < 4.78 is 0. The molecule has 0 atom stereocenters. The first-order valence-electron chi connectivity index (χ1n) is 8.92. The van der Waals surface area contributed by atoms with Crippen molar-refractivity contribution in [2.45, 2.75) is 50.0 Å². The van der Waals surface area contributed by atoms with E-state index in [2.05, 4.69) is 6.07 Å². The molecule has 0 amide bonds. The Kier molecular flexibility index (Phi) is 6.25. The second kappa shape index (κ2) is 8.82. The van der Waals surface area contributed by atoms with Crippen molar-refractivity contribution in [2.75, 3.05) is 5.75 Å². The number of aromatic nitrogens is 1. The van der Waals surface area contributed by atoms with Crippen LogP contribution in [0.1, 0.15) is 59.3 Å². The second-order valence-corrected chi connectivity index (χ2v) is 7.44. The first kappa shape index (κ1) is 17.7. The number of aryl methyl sites for hydroxylation is 2. The Morgan fingerprint density at radius 3 is 2.76 bits per heavy atom. The van der Waals surface area contributed by atoms with Gasteiger partial charge in [-0.2, -0.15) is 5.26 Å². The highest BCUT2D eigenvalue weighted by Crippen LogP contribution is 2.27. The van der Waals surface area contributed by atoms with Gasteiger partial charge < -0.3 is 0 Å². The van der Waals surface area contributed by atoms with Crippen molar-refractivity contribution >= 4 is 17.5 Å². The van der Waals surface area contributed by atoms with Gasteiger partial charge in [0.2, 0.25) is 0 Å². The summed E-state index contributed by atoms with van der Waals surface area (Å²) >= 11 is 1.60. The van der Waals surface area contributed by atoms with Crippen LogP contribution in [0.2, 0.25) is 0 Å². The Hall–Kier alpha value is -2.12. The van der Waals surface area contributed by atoms with E-state index in [9.17, 15) is 10.1 Å². The molecule has 0 aliphatic heterocycles. The van der Waals surface area contributed by atoms with Crippen molar-refractivity contribution in [3.8, 4) is 6.07 Å². The quantitative estimate of drug-likeness (QED) is 0.319. The minimum Gasteiger partial charge on any atom is -0.294 e. The van der Waals surface area contributed by atoms with E-state index in [1.807, 2.05) is 36.4 Å². The number of hydrogen-bond donors (Lipinski definition) is 0. The SMILES string of the molecule is N#Cc1cc2c(nc1SCCCC(=O)c1ccccc1)CCCCC2. The van der Waals surface area contributed by atoms with Crippen molar-refractivity contribution in [1.82, 2.24) is 4.98 Å². The fraction of sp³-hybridized carbons (Fsp3) is 0.381. The normalized spacial score (nSPS) is 13.6. The summed E-state index contributed by atoms with van der Waals surface area (Å²) in [6, 6.07) is 13.7. The van der Waals surface area contributed by atoms with Gasteiger partial charge in [0.1, 0.15) is 11.1 Å². The number of Topliss-reactive ketones (excluding diaryl/α,β-unsaturated/α-hetero) is 1. The third kappa shape index (κ3) is 4.70. The highest BCUT2D eigenvalue weighted by molar-refractivity contribution is 7.99. The molecule has 0 N–H and O–H groups in total. The molecular formula is C21H22N2OS. The van der Waals surface area contributed by atoms with E-state index in [4.69, 9.17) is 4.98 Å². The van der Waals surface area contributed by atoms with Gasteiger partial charge in [-0.05, 0) is 49.5 Å². The van der Waals surface area contributed by atoms with Crippen LogP contribution in [0, 0.1) is 11.3 Å². The highest BCUT2D eigenvalue weighted by Gasteiger charge is 2.14. The number of nitriles is 1. The van der Waals surface area contributed by atoms with E-state index >= 15 is 0 Å². The molecule has 0 saturated heterocycles. The zero-order valence-electron chi connectivity index (χ0n) is 14.3. The van der Waals surface area contributed by atoms with Gasteiger partial charge in [0.25, 0.3) is 0 Å². The van der Waals surface area contributed by atoms with Crippen molar-refractivity contribution in [3.05, 3.63) is 58.8 Å². The summed E-state index contributed by atoms with van der Waals surface area (Å²) in [5.41, 5.74) is 3.87. The molecule has 0 spiro atoms. The lowest BCUT2D eigenvalue weighted by atomic mass is 10.1. The van der Waals surface area contributed by atoms with Crippen molar-refractivity contribution in [2.24, 2.45) is 0 Å². The number of ketones is 1. The summed E-state index contributed by atoms with van der Waals surface area (Å²) in [5, 5.41) is 10.3. The molecule has 2 aromatic rings. The number of rotatable bonds is 6. The number of hydrogen-bond acceptors (Lipinski definition) is 4. The second-order valence-electron chi connectivity index (χ2n) is 6.36. The first-order valence-corrected chi connectivity index (χ1v) is 9.90. The Labute approximate surface area is 153 Å². The smallest absolute Gasteiger partial charge is 0.162 e. The van der Waals surface area contributed by atoms with Crippen molar-refractivity contribution in [1.29, 1.82) is 5.26 Å². The molecular weight excluding hydrogens is 328 g/mol. The van der Waals surface area contributed by atoms with Gasteiger partial charge in [-0.1, -0.05) is 36.8 Å². The largest absolute Gasteiger partial charge is 0.294 e. The van der Waals surface area contributed by atoms with E-state index < -0.39 is 0 Å². The lowest BCUT2D eigenvalue weighted by Gasteiger charge is -2.10. The number of carbonyl (C=O) groups is 1. The number of thioether (sulfide) groups is 1.